The second kappa shape index (κ2) is 2.90. The Kier molecular flexibility index (Phi) is 2.09. The summed E-state index contributed by atoms with van der Waals surface area (Å²) in [6, 6.07) is 0. The molecule has 0 spiro atoms. The molecule has 0 aliphatic heterocycles. The van der Waals surface area contributed by atoms with E-state index in [1.165, 1.54) is 0 Å². The third kappa shape index (κ3) is 1.28. The van der Waals surface area contributed by atoms with E-state index < -0.39 is 27.3 Å². The fourth-order valence-corrected chi connectivity index (χ4v) is 0.782. The first-order valence-corrected chi connectivity index (χ1v) is 3.15. The molecular formula is C5H3ClFN3O2. The van der Waals surface area contributed by atoms with Crippen molar-refractivity contribution in [2.24, 2.45) is 0 Å². The number of pyridine rings is 1. The molecule has 2 N–H and O–H groups in total. The van der Waals surface area contributed by atoms with Crippen LogP contribution in [0.25, 0.3) is 0 Å². The predicted octanol–water partition coefficient (Wildman–Crippen LogP) is 1.36. The highest BCUT2D eigenvalue weighted by molar-refractivity contribution is 6.30. The van der Waals surface area contributed by atoms with Gasteiger partial charge in [0, 0.05) is 0 Å². The summed E-state index contributed by atoms with van der Waals surface area (Å²) in [6.07, 6.45) is 0.916. The average Bonchev–Trinajstić information content (AvgIpc) is 1.97. The SMILES string of the molecule is Nc1ncc(Cl)c(F)c1[N+](=O)[O-]. The summed E-state index contributed by atoms with van der Waals surface area (Å²) >= 11 is 5.23. The van der Waals surface area contributed by atoms with Gasteiger partial charge >= 0.3 is 5.69 Å². The Labute approximate surface area is 71.1 Å². The molecule has 0 aliphatic carbocycles. The van der Waals surface area contributed by atoms with Gasteiger partial charge in [-0.2, -0.15) is 4.39 Å². The Balaban J connectivity index is 3.43. The molecule has 0 radical (unpaired) electrons. The summed E-state index contributed by atoms with van der Waals surface area (Å²) in [6.45, 7) is 0. The van der Waals surface area contributed by atoms with E-state index in [0.29, 0.717) is 0 Å². The number of aromatic nitrogens is 1. The van der Waals surface area contributed by atoms with Crippen LogP contribution in [0.15, 0.2) is 6.20 Å². The van der Waals surface area contributed by atoms with Gasteiger partial charge in [-0.1, -0.05) is 11.6 Å². The third-order valence-electron chi connectivity index (χ3n) is 1.16. The molecule has 1 rings (SSSR count). The van der Waals surface area contributed by atoms with Gasteiger partial charge in [-0.25, -0.2) is 4.98 Å². The largest absolute Gasteiger partial charge is 0.378 e. The van der Waals surface area contributed by atoms with Crippen LogP contribution in [0.4, 0.5) is 15.9 Å². The van der Waals surface area contributed by atoms with E-state index in [2.05, 4.69) is 4.98 Å². The van der Waals surface area contributed by atoms with E-state index in [1.54, 1.807) is 0 Å². The fourth-order valence-electron chi connectivity index (χ4n) is 0.643. The lowest BCUT2D eigenvalue weighted by Gasteiger charge is -1.97. The highest BCUT2D eigenvalue weighted by Gasteiger charge is 2.22. The molecule has 0 fully saturated rings. The van der Waals surface area contributed by atoms with Crippen molar-refractivity contribution in [2.45, 2.75) is 0 Å². The second-order valence-electron chi connectivity index (χ2n) is 1.91. The number of hydrogen-bond acceptors (Lipinski definition) is 4. The van der Waals surface area contributed by atoms with Crippen LogP contribution < -0.4 is 5.73 Å². The van der Waals surface area contributed by atoms with Crippen molar-refractivity contribution in [3.63, 3.8) is 0 Å². The van der Waals surface area contributed by atoms with Crippen LogP contribution in [-0.2, 0) is 0 Å². The topological polar surface area (TPSA) is 82.0 Å². The monoisotopic (exact) mass is 191 g/mol. The van der Waals surface area contributed by atoms with Crippen LogP contribution >= 0.6 is 11.6 Å². The number of rotatable bonds is 1. The lowest BCUT2D eigenvalue weighted by Crippen LogP contribution is -2.01. The highest BCUT2D eigenvalue weighted by Crippen LogP contribution is 2.27. The van der Waals surface area contributed by atoms with Gasteiger partial charge in [0.2, 0.25) is 11.6 Å². The summed E-state index contributed by atoms with van der Waals surface area (Å²) in [4.78, 5) is 12.5. The Hall–Kier alpha value is -1.43. The molecule has 0 saturated carbocycles. The van der Waals surface area contributed by atoms with Gasteiger partial charge in [-0.05, 0) is 0 Å². The molecule has 0 unspecified atom stereocenters. The molecule has 7 heteroatoms. The Morgan fingerprint density at radius 1 is 1.75 bits per heavy atom. The van der Waals surface area contributed by atoms with Crippen molar-refractivity contribution >= 4 is 23.1 Å². The van der Waals surface area contributed by atoms with E-state index in [4.69, 9.17) is 17.3 Å². The molecule has 0 amide bonds. The molecular weight excluding hydrogens is 189 g/mol. The quantitative estimate of drug-likeness (QED) is 0.537. The maximum Gasteiger partial charge on any atom is 0.347 e. The van der Waals surface area contributed by atoms with Crippen molar-refractivity contribution in [3.8, 4) is 0 Å². The van der Waals surface area contributed by atoms with Gasteiger partial charge in [-0.15, -0.1) is 0 Å². The maximum atomic E-state index is 12.8. The molecule has 12 heavy (non-hydrogen) atoms. The lowest BCUT2D eigenvalue weighted by molar-refractivity contribution is -0.386. The average molecular weight is 192 g/mol. The van der Waals surface area contributed by atoms with E-state index >= 15 is 0 Å². The first-order chi connectivity index (χ1) is 5.54. The van der Waals surface area contributed by atoms with Crippen molar-refractivity contribution in [2.75, 3.05) is 5.73 Å². The predicted molar refractivity (Wildman–Crippen MR) is 40.3 cm³/mol. The van der Waals surface area contributed by atoms with E-state index in [-0.39, 0.29) is 0 Å². The Bertz CT molecular complexity index is 344. The Morgan fingerprint density at radius 3 is 2.75 bits per heavy atom. The van der Waals surface area contributed by atoms with Gasteiger partial charge in [0.15, 0.2) is 0 Å². The van der Waals surface area contributed by atoms with Crippen LogP contribution in [-0.4, -0.2) is 9.91 Å². The van der Waals surface area contributed by atoms with Crippen molar-refractivity contribution in [1.29, 1.82) is 0 Å². The highest BCUT2D eigenvalue weighted by atomic mass is 35.5. The number of nitrogens with zero attached hydrogens (tertiary/aromatic N) is 2. The van der Waals surface area contributed by atoms with Gasteiger partial charge in [0.05, 0.1) is 11.1 Å². The van der Waals surface area contributed by atoms with Crippen LogP contribution in [0.2, 0.25) is 5.02 Å². The van der Waals surface area contributed by atoms with Gasteiger partial charge in [0.25, 0.3) is 0 Å². The van der Waals surface area contributed by atoms with Crippen molar-refractivity contribution < 1.29 is 9.31 Å². The summed E-state index contributed by atoms with van der Waals surface area (Å²) < 4.78 is 12.8. The zero-order valence-electron chi connectivity index (χ0n) is 5.62. The smallest absolute Gasteiger partial charge is 0.347 e. The minimum atomic E-state index is -1.16. The molecule has 0 atom stereocenters. The maximum absolute atomic E-state index is 12.8. The number of nitrogens with two attached hydrogens (primary N) is 1. The second-order valence-corrected chi connectivity index (χ2v) is 2.32. The standard InChI is InChI=1S/C5H3ClFN3O2/c6-2-1-9-5(8)4(3(2)7)10(11)12/h1H,(H2,8,9). The number of nitro groups is 1. The zero-order valence-corrected chi connectivity index (χ0v) is 6.38. The molecule has 0 aromatic carbocycles. The van der Waals surface area contributed by atoms with E-state index in [9.17, 15) is 14.5 Å². The molecule has 1 heterocycles. The van der Waals surface area contributed by atoms with E-state index in [0.717, 1.165) is 6.20 Å². The van der Waals surface area contributed by atoms with Gasteiger partial charge < -0.3 is 5.73 Å². The molecule has 0 aliphatic rings. The van der Waals surface area contributed by atoms with E-state index in [1.807, 2.05) is 0 Å². The fraction of sp³-hybridized carbons (Fsp3) is 0. The van der Waals surface area contributed by atoms with Crippen LogP contribution in [0.1, 0.15) is 0 Å². The number of hydrogen-bond donors (Lipinski definition) is 1. The summed E-state index contributed by atoms with van der Waals surface area (Å²) in [5.74, 6) is -1.64. The van der Waals surface area contributed by atoms with Crippen molar-refractivity contribution in [3.05, 3.63) is 27.2 Å². The van der Waals surface area contributed by atoms with Crippen molar-refractivity contribution in [1.82, 2.24) is 4.98 Å². The van der Waals surface area contributed by atoms with Gasteiger partial charge in [-0.3, -0.25) is 10.1 Å². The Morgan fingerprint density at radius 2 is 2.33 bits per heavy atom. The first-order valence-electron chi connectivity index (χ1n) is 2.78. The third-order valence-corrected chi connectivity index (χ3v) is 1.42. The zero-order chi connectivity index (χ0) is 9.30. The van der Waals surface area contributed by atoms with Crippen LogP contribution in [0.5, 0.6) is 0 Å². The normalized spacial score (nSPS) is 9.83. The molecule has 64 valence electrons. The lowest BCUT2D eigenvalue weighted by atomic mass is 10.4. The molecule has 0 bridgehead atoms. The molecule has 0 saturated heterocycles. The number of anilines is 1. The molecule has 5 nitrogen and oxygen atoms in total. The van der Waals surface area contributed by atoms with Crippen LogP contribution in [0, 0.1) is 15.9 Å². The molecule has 1 aromatic heterocycles. The summed E-state index contributed by atoms with van der Waals surface area (Å²) in [5, 5.41) is 9.76. The minimum Gasteiger partial charge on any atom is -0.378 e. The van der Waals surface area contributed by atoms with Crippen LogP contribution in [0.3, 0.4) is 0 Å². The first kappa shape index (κ1) is 8.66. The molecule has 1 aromatic rings. The number of nitrogen functional groups attached to an aromatic ring is 1. The van der Waals surface area contributed by atoms with Gasteiger partial charge in [0.1, 0.15) is 5.02 Å². The summed E-state index contributed by atoms with van der Waals surface area (Å²) in [5.41, 5.74) is 4.15. The minimum absolute atomic E-state index is 0.420. The number of halogens is 2. The summed E-state index contributed by atoms with van der Waals surface area (Å²) in [7, 11) is 0.